The SMILES string of the molecule is CC(F)Cc1ccc(/C=C/c2ccc3c(c2)C2(c4cc(N(c5ccc(C(F)(F)F)cc5)c5cccc(-c6cccc(F)c6)c5)ccc4-3)c3ccccc3C(C)(C)c3ccccc32)cc1. The standard InChI is InChI=1S/C58H44F5N/c1-37(59)32-39-21-18-38(19-22-39)20-23-40-24-30-48-49-31-29-47(36-55(49)57(54(48)33-40)52-16-6-4-14-50(52)56(2,3)51-15-5-7-17-53(51)57)64(45-27-25-43(26-28-45)58(61,62)63)46-13-9-11-42(35-46)41-10-8-12-44(60)34-41/h4-31,33-37H,32H2,1-3H3/b23-20+. The van der Waals surface area contributed by atoms with Gasteiger partial charge in [-0.1, -0.05) is 141 Å². The molecule has 0 saturated carbocycles. The van der Waals surface area contributed by atoms with Gasteiger partial charge in [0.2, 0.25) is 0 Å². The van der Waals surface area contributed by atoms with Gasteiger partial charge in [0.15, 0.2) is 0 Å². The highest BCUT2D eigenvalue weighted by Gasteiger charge is 2.53. The van der Waals surface area contributed by atoms with Crippen molar-refractivity contribution in [3.8, 4) is 22.3 Å². The van der Waals surface area contributed by atoms with Gasteiger partial charge in [-0.15, -0.1) is 0 Å². The Balaban J connectivity index is 1.20. The van der Waals surface area contributed by atoms with Crippen LogP contribution in [0.3, 0.4) is 0 Å². The maximum absolute atomic E-state index is 14.5. The molecule has 8 aromatic rings. The maximum Gasteiger partial charge on any atom is 0.416 e. The molecule has 1 spiro atoms. The average Bonchev–Trinajstić information content (AvgIpc) is 3.57. The van der Waals surface area contributed by atoms with Gasteiger partial charge in [-0.3, -0.25) is 0 Å². The number of anilines is 3. The number of fused-ring (bicyclic) bond motifs is 9. The summed E-state index contributed by atoms with van der Waals surface area (Å²) in [6.45, 7) is 6.13. The molecule has 8 aromatic carbocycles. The summed E-state index contributed by atoms with van der Waals surface area (Å²) < 4.78 is 70.2. The van der Waals surface area contributed by atoms with Crippen LogP contribution in [0.2, 0.25) is 0 Å². The Kier molecular flexibility index (Phi) is 10.0. The molecule has 6 heteroatoms. The maximum atomic E-state index is 14.5. The van der Waals surface area contributed by atoms with Gasteiger partial charge < -0.3 is 4.90 Å². The fourth-order valence-electron chi connectivity index (χ4n) is 10.2. The van der Waals surface area contributed by atoms with Crippen LogP contribution in [0.25, 0.3) is 34.4 Å². The van der Waals surface area contributed by atoms with Crippen molar-refractivity contribution in [3.05, 3.63) is 243 Å². The molecular formula is C58H44F5N. The summed E-state index contributed by atoms with van der Waals surface area (Å²) in [7, 11) is 0. The lowest BCUT2D eigenvalue weighted by molar-refractivity contribution is -0.137. The van der Waals surface area contributed by atoms with Gasteiger partial charge in [0.25, 0.3) is 0 Å². The average molecular weight is 850 g/mol. The molecule has 2 aliphatic rings. The fourth-order valence-corrected chi connectivity index (χ4v) is 10.2. The zero-order chi connectivity index (χ0) is 44.4. The largest absolute Gasteiger partial charge is 0.416 e. The first-order valence-corrected chi connectivity index (χ1v) is 21.6. The van der Waals surface area contributed by atoms with Gasteiger partial charge in [-0.25, -0.2) is 8.78 Å². The van der Waals surface area contributed by atoms with Crippen molar-refractivity contribution in [2.45, 2.75) is 50.4 Å². The molecule has 1 unspecified atom stereocenters. The molecule has 1 atom stereocenters. The Morgan fingerprint density at radius 3 is 1.67 bits per heavy atom. The molecule has 0 aromatic heterocycles. The Labute approximate surface area is 370 Å². The van der Waals surface area contributed by atoms with Crippen molar-refractivity contribution < 1.29 is 22.0 Å². The van der Waals surface area contributed by atoms with E-state index in [0.29, 0.717) is 23.4 Å². The van der Waals surface area contributed by atoms with E-state index >= 15 is 0 Å². The van der Waals surface area contributed by atoms with Gasteiger partial charge in [0.05, 0.1) is 11.0 Å². The smallest absolute Gasteiger partial charge is 0.310 e. The molecule has 316 valence electrons. The number of hydrogen-bond acceptors (Lipinski definition) is 1. The van der Waals surface area contributed by atoms with Crippen LogP contribution < -0.4 is 4.90 Å². The van der Waals surface area contributed by atoms with Gasteiger partial charge in [-0.05, 0) is 146 Å². The minimum Gasteiger partial charge on any atom is -0.310 e. The van der Waals surface area contributed by atoms with Gasteiger partial charge >= 0.3 is 6.18 Å². The summed E-state index contributed by atoms with van der Waals surface area (Å²) in [6, 6.07) is 57.7. The molecule has 2 aliphatic carbocycles. The molecule has 0 aliphatic heterocycles. The molecule has 10 rings (SSSR count). The second-order valence-corrected chi connectivity index (χ2v) is 17.5. The van der Waals surface area contributed by atoms with E-state index in [0.717, 1.165) is 62.3 Å². The number of benzene rings is 8. The Morgan fingerprint density at radius 2 is 1.05 bits per heavy atom. The third-order valence-electron chi connectivity index (χ3n) is 13.1. The third-order valence-corrected chi connectivity index (χ3v) is 13.1. The molecule has 64 heavy (non-hydrogen) atoms. The summed E-state index contributed by atoms with van der Waals surface area (Å²) in [4.78, 5) is 1.98. The van der Waals surface area contributed by atoms with E-state index < -0.39 is 23.3 Å². The highest BCUT2D eigenvalue weighted by Crippen LogP contribution is 2.63. The van der Waals surface area contributed by atoms with Crippen LogP contribution in [0.5, 0.6) is 0 Å². The van der Waals surface area contributed by atoms with Crippen molar-refractivity contribution in [1.29, 1.82) is 0 Å². The minimum absolute atomic E-state index is 0.327. The highest BCUT2D eigenvalue weighted by molar-refractivity contribution is 5.92. The summed E-state index contributed by atoms with van der Waals surface area (Å²) in [5, 5.41) is 0. The van der Waals surface area contributed by atoms with Crippen molar-refractivity contribution in [2.24, 2.45) is 0 Å². The molecule has 0 radical (unpaired) electrons. The fraction of sp³-hybridized carbons (Fsp3) is 0.138. The number of nitrogens with zero attached hydrogens (tertiary/aromatic N) is 1. The van der Waals surface area contributed by atoms with E-state index in [4.69, 9.17) is 0 Å². The number of rotatable bonds is 8. The minimum atomic E-state index is -4.50. The zero-order valence-electron chi connectivity index (χ0n) is 35.6. The molecule has 0 fully saturated rings. The van der Waals surface area contributed by atoms with Crippen LogP contribution in [0.4, 0.5) is 39.0 Å². The first-order chi connectivity index (χ1) is 30.8. The van der Waals surface area contributed by atoms with Crippen LogP contribution in [0, 0.1) is 5.82 Å². The van der Waals surface area contributed by atoms with Crippen molar-refractivity contribution in [3.63, 3.8) is 0 Å². The summed E-state index contributed by atoms with van der Waals surface area (Å²) in [5.74, 6) is -0.362. The van der Waals surface area contributed by atoms with E-state index in [1.165, 1.54) is 46.5 Å². The first-order valence-electron chi connectivity index (χ1n) is 21.6. The van der Waals surface area contributed by atoms with Crippen molar-refractivity contribution in [2.75, 3.05) is 4.90 Å². The van der Waals surface area contributed by atoms with Crippen LogP contribution >= 0.6 is 0 Å². The van der Waals surface area contributed by atoms with Crippen molar-refractivity contribution >= 4 is 29.2 Å². The third kappa shape index (κ3) is 6.93. The van der Waals surface area contributed by atoms with Gasteiger partial charge in [0, 0.05) is 28.9 Å². The van der Waals surface area contributed by atoms with Crippen LogP contribution in [-0.2, 0) is 23.4 Å². The Hall–Kier alpha value is -7.05. The molecule has 0 bridgehead atoms. The summed E-state index contributed by atoms with van der Waals surface area (Å²) >= 11 is 0. The van der Waals surface area contributed by atoms with E-state index in [2.05, 4.69) is 105 Å². The second-order valence-electron chi connectivity index (χ2n) is 17.5. The van der Waals surface area contributed by atoms with Crippen LogP contribution in [-0.4, -0.2) is 6.17 Å². The first kappa shape index (κ1) is 41.0. The quantitative estimate of drug-likeness (QED) is 0.109. The molecule has 1 nitrogen and oxygen atoms in total. The Morgan fingerprint density at radius 1 is 0.516 bits per heavy atom. The van der Waals surface area contributed by atoms with Gasteiger partial charge in [-0.2, -0.15) is 13.2 Å². The van der Waals surface area contributed by atoms with E-state index in [-0.39, 0.29) is 11.2 Å². The predicted octanol–water partition coefficient (Wildman–Crippen LogP) is 16.1. The van der Waals surface area contributed by atoms with Crippen LogP contribution in [0.15, 0.2) is 182 Å². The molecule has 0 amide bonds. The second kappa shape index (κ2) is 15.6. The van der Waals surface area contributed by atoms with Gasteiger partial charge in [0.1, 0.15) is 12.0 Å². The lowest BCUT2D eigenvalue weighted by atomic mass is 9.55. The molecule has 0 heterocycles. The highest BCUT2D eigenvalue weighted by atomic mass is 19.4. The molecule has 0 N–H and O–H groups in total. The normalized spacial score (nSPS) is 14.8. The predicted molar refractivity (Wildman–Crippen MR) is 251 cm³/mol. The van der Waals surface area contributed by atoms with Crippen LogP contribution in [0.1, 0.15) is 76.4 Å². The monoisotopic (exact) mass is 849 g/mol. The summed E-state index contributed by atoms with van der Waals surface area (Å²) in [6.07, 6.45) is -0.828. The topological polar surface area (TPSA) is 3.24 Å². The summed E-state index contributed by atoms with van der Waals surface area (Å²) in [5.41, 5.74) is 13.7. The lowest BCUT2D eigenvalue weighted by Gasteiger charge is -2.46. The number of alkyl halides is 4. The van der Waals surface area contributed by atoms with E-state index in [1.54, 1.807) is 13.0 Å². The molecular weight excluding hydrogens is 806 g/mol. The zero-order valence-corrected chi connectivity index (χ0v) is 35.6. The number of halogens is 5. The van der Waals surface area contributed by atoms with Crippen molar-refractivity contribution in [1.82, 2.24) is 0 Å². The van der Waals surface area contributed by atoms with E-state index in [9.17, 15) is 22.0 Å². The lowest BCUT2D eigenvalue weighted by Crippen LogP contribution is -2.40. The van der Waals surface area contributed by atoms with E-state index in [1.807, 2.05) is 65.6 Å². The number of hydrogen-bond donors (Lipinski definition) is 0. The Bertz CT molecular complexity index is 3030. The molecule has 0 saturated heterocycles.